The highest BCUT2D eigenvalue weighted by molar-refractivity contribution is 7.21. The molecule has 2 aromatic carbocycles. The van der Waals surface area contributed by atoms with Crippen LogP contribution in [0.4, 0.5) is 17.1 Å². The second kappa shape index (κ2) is 15.1. The Balaban J connectivity index is 0.000000295. The SMILES string of the molecule is CCOc1cc(C=O)c([N+](=O)[O-])c([N+](=O)[O-])c1OCC.CCOc1cc2cc(C(=O)OC)sc2c([N+](=O)[O-])c1OCC. The third kappa shape index (κ3) is 7.17. The van der Waals surface area contributed by atoms with E-state index >= 15 is 0 Å². The first kappa shape index (κ1) is 33.1. The number of carbonyl (C=O) groups is 2. The first-order valence-electron chi connectivity index (χ1n) is 12.3. The van der Waals surface area contributed by atoms with Crippen molar-refractivity contribution in [1.29, 1.82) is 0 Å². The van der Waals surface area contributed by atoms with Crippen molar-refractivity contribution in [3.8, 4) is 23.0 Å². The zero-order chi connectivity index (χ0) is 31.6. The molecule has 0 saturated carbocycles. The Hall–Kier alpha value is -5.06. The summed E-state index contributed by atoms with van der Waals surface area (Å²) in [5.41, 5.74) is -2.42. The lowest BCUT2D eigenvalue weighted by Gasteiger charge is -2.11. The molecule has 0 N–H and O–H groups in total. The van der Waals surface area contributed by atoms with E-state index in [0.717, 1.165) is 17.4 Å². The highest BCUT2D eigenvalue weighted by Gasteiger charge is 2.37. The molecule has 1 aromatic heterocycles. The Morgan fingerprint density at radius 1 is 0.762 bits per heavy atom. The van der Waals surface area contributed by atoms with E-state index in [-0.39, 0.29) is 59.7 Å². The van der Waals surface area contributed by atoms with Crippen LogP contribution < -0.4 is 18.9 Å². The van der Waals surface area contributed by atoms with Crippen LogP contribution >= 0.6 is 11.3 Å². The number of thiophene rings is 1. The maximum Gasteiger partial charge on any atom is 0.392 e. The number of methoxy groups -OCH3 is 1. The second-order valence-electron chi connectivity index (χ2n) is 7.68. The zero-order valence-electron chi connectivity index (χ0n) is 23.2. The highest BCUT2D eigenvalue weighted by Crippen LogP contribution is 2.47. The average molecular weight is 610 g/mol. The van der Waals surface area contributed by atoms with Crippen molar-refractivity contribution in [2.45, 2.75) is 27.7 Å². The molecule has 0 bridgehead atoms. The molecule has 0 saturated heterocycles. The van der Waals surface area contributed by atoms with E-state index in [4.69, 9.17) is 18.9 Å². The summed E-state index contributed by atoms with van der Waals surface area (Å²) in [7, 11) is 1.26. The number of nitro groups is 3. The Kier molecular flexibility index (Phi) is 11.9. The van der Waals surface area contributed by atoms with E-state index in [1.54, 1.807) is 39.8 Å². The third-order valence-corrected chi connectivity index (χ3v) is 6.30. The smallest absolute Gasteiger partial charge is 0.392 e. The number of nitro benzene ring substituents is 3. The highest BCUT2D eigenvalue weighted by atomic mass is 32.1. The van der Waals surface area contributed by atoms with E-state index in [0.29, 0.717) is 16.7 Å². The van der Waals surface area contributed by atoms with Crippen LogP contribution in [0.15, 0.2) is 18.2 Å². The second-order valence-corrected chi connectivity index (χ2v) is 8.74. The van der Waals surface area contributed by atoms with Gasteiger partial charge in [0.05, 0.1) is 48.3 Å². The monoisotopic (exact) mass is 609 g/mol. The lowest BCUT2D eigenvalue weighted by Crippen LogP contribution is -2.07. The van der Waals surface area contributed by atoms with Crippen molar-refractivity contribution in [1.82, 2.24) is 0 Å². The maximum atomic E-state index is 11.6. The van der Waals surface area contributed by atoms with Gasteiger partial charge in [-0.3, -0.25) is 35.1 Å². The summed E-state index contributed by atoms with van der Waals surface area (Å²) < 4.78 is 26.1. The number of fused-ring (bicyclic) bond motifs is 1. The van der Waals surface area contributed by atoms with Crippen LogP contribution in [0.2, 0.25) is 0 Å². The summed E-state index contributed by atoms with van der Waals surface area (Å²) in [5.74, 6) is -0.588. The summed E-state index contributed by atoms with van der Waals surface area (Å²) in [6.07, 6.45) is 0.170. The number of carbonyl (C=O) groups excluding carboxylic acids is 2. The Morgan fingerprint density at radius 2 is 1.24 bits per heavy atom. The van der Waals surface area contributed by atoms with Gasteiger partial charge >= 0.3 is 23.0 Å². The minimum Gasteiger partial charge on any atom is -0.490 e. The lowest BCUT2D eigenvalue weighted by molar-refractivity contribution is -0.423. The van der Waals surface area contributed by atoms with Gasteiger partial charge in [-0.15, -0.1) is 11.3 Å². The van der Waals surface area contributed by atoms with Crippen molar-refractivity contribution < 1.29 is 48.0 Å². The van der Waals surface area contributed by atoms with Gasteiger partial charge < -0.3 is 23.7 Å². The van der Waals surface area contributed by atoms with Gasteiger partial charge in [0.2, 0.25) is 11.5 Å². The lowest BCUT2D eigenvalue weighted by atomic mass is 10.1. The summed E-state index contributed by atoms with van der Waals surface area (Å²) in [4.78, 5) is 53.9. The molecular weight excluding hydrogens is 582 g/mol. The summed E-state index contributed by atoms with van der Waals surface area (Å²) in [5, 5.41) is 34.1. The fraction of sp³-hybridized carbons (Fsp3) is 0.360. The van der Waals surface area contributed by atoms with Gasteiger partial charge in [-0.05, 0) is 39.8 Å². The van der Waals surface area contributed by atoms with Crippen LogP contribution in [-0.4, -0.2) is 60.6 Å². The summed E-state index contributed by atoms with van der Waals surface area (Å²) in [6, 6.07) is 4.25. The zero-order valence-corrected chi connectivity index (χ0v) is 24.0. The number of rotatable bonds is 13. The molecule has 0 spiro atoms. The molecule has 1 heterocycles. The number of hydrogen-bond acceptors (Lipinski definition) is 14. The first-order valence-corrected chi connectivity index (χ1v) is 13.1. The van der Waals surface area contributed by atoms with Crippen LogP contribution in [0.3, 0.4) is 0 Å². The largest absolute Gasteiger partial charge is 0.490 e. The molecule has 16 nitrogen and oxygen atoms in total. The normalized spacial score (nSPS) is 10.2. The number of esters is 1. The fourth-order valence-electron chi connectivity index (χ4n) is 3.67. The Morgan fingerprint density at radius 3 is 1.67 bits per heavy atom. The molecule has 0 amide bonds. The quantitative estimate of drug-likeness (QED) is 0.101. The van der Waals surface area contributed by atoms with Gasteiger partial charge in [-0.2, -0.15) is 0 Å². The number of hydrogen-bond donors (Lipinski definition) is 0. The molecule has 3 rings (SSSR count). The molecule has 42 heavy (non-hydrogen) atoms. The molecule has 17 heteroatoms. The van der Waals surface area contributed by atoms with E-state index in [1.807, 2.05) is 0 Å². The number of aldehydes is 1. The molecule has 226 valence electrons. The van der Waals surface area contributed by atoms with Crippen molar-refractivity contribution in [2.75, 3.05) is 33.5 Å². The predicted octanol–water partition coefficient (Wildman–Crippen LogP) is 5.51. The molecule has 0 fully saturated rings. The molecule has 0 atom stereocenters. The van der Waals surface area contributed by atoms with E-state index in [1.165, 1.54) is 7.11 Å². The molecule has 0 unspecified atom stereocenters. The Labute approximate surface area is 242 Å². The topological polar surface area (TPSA) is 210 Å². The van der Waals surface area contributed by atoms with Crippen LogP contribution in [0.25, 0.3) is 10.1 Å². The van der Waals surface area contributed by atoms with Crippen molar-refractivity contribution in [3.63, 3.8) is 0 Å². The first-order chi connectivity index (χ1) is 20.0. The maximum absolute atomic E-state index is 11.6. The molecule has 0 aliphatic rings. The average Bonchev–Trinajstić information content (AvgIpc) is 3.37. The van der Waals surface area contributed by atoms with Crippen LogP contribution in [0, 0.1) is 30.3 Å². The number of nitrogens with zero attached hydrogens (tertiary/aromatic N) is 3. The molecule has 0 aliphatic carbocycles. The summed E-state index contributed by atoms with van der Waals surface area (Å²) in [6.45, 7) is 7.53. The Bertz CT molecular complexity index is 1500. The number of benzene rings is 2. The van der Waals surface area contributed by atoms with Gasteiger partial charge in [-0.1, -0.05) is 0 Å². The van der Waals surface area contributed by atoms with Crippen molar-refractivity contribution in [2.24, 2.45) is 0 Å². The molecule has 3 aromatic rings. The van der Waals surface area contributed by atoms with Crippen LogP contribution in [-0.2, 0) is 4.74 Å². The number of ether oxygens (including phenoxy) is 5. The van der Waals surface area contributed by atoms with Crippen molar-refractivity contribution in [3.05, 3.63) is 59.0 Å². The van der Waals surface area contributed by atoms with Crippen LogP contribution in [0.1, 0.15) is 47.7 Å². The van der Waals surface area contributed by atoms with Gasteiger partial charge in [0, 0.05) is 11.5 Å². The van der Waals surface area contributed by atoms with Gasteiger partial charge in [0.25, 0.3) is 0 Å². The van der Waals surface area contributed by atoms with E-state index in [9.17, 15) is 39.9 Å². The van der Waals surface area contributed by atoms with Crippen LogP contribution in [0.5, 0.6) is 23.0 Å². The van der Waals surface area contributed by atoms with E-state index in [2.05, 4.69) is 4.74 Å². The van der Waals surface area contributed by atoms with Gasteiger partial charge in [0.15, 0.2) is 17.8 Å². The predicted molar refractivity (Wildman–Crippen MR) is 150 cm³/mol. The summed E-state index contributed by atoms with van der Waals surface area (Å²) >= 11 is 1.000. The molecule has 0 aliphatic heterocycles. The fourth-order valence-corrected chi connectivity index (χ4v) is 4.74. The third-order valence-electron chi connectivity index (χ3n) is 5.16. The minimum absolute atomic E-state index is 0.0541. The minimum atomic E-state index is -0.986. The van der Waals surface area contributed by atoms with Crippen molar-refractivity contribution >= 4 is 50.7 Å². The molecule has 0 radical (unpaired) electrons. The van der Waals surface area contributed by atoms with E-state index < -0.39 is 37.7 Å². The standard InChI is InChI=1S/C14H15NO6S.C11H12N2O7/c1-4-20-9-6-8-7-10(14(16)19-3)22-13(8)11(15(17)18)12(9)21-5-2;1-3-19-8-5-7(6-14)9(12(15)16)10(13(17)18)11(8)20-4-2/h6-7H,4-5H2,1-3H3;5-6H,3-4H2,1-2H3. The van der Waals surface area contributed by atoms with Gasteiger partial charge in [-0.25, -0.2) is 4.79 Å². The molecular formula is C25H27N3O13S. The van der Waals surface area contributed by atoms with Gasteiger partial charge in [0.1, 0.15) is 15.1 Å².